The summed E-state index contributed by atoms with van der Waals surface area (Å²) < 4.78 is 5.00. The summed E-state index contributed by atoms with van der Waals surface area (Å²) in [5, 5.41) is 21.2. The van der Waals surface area contributed by atoms with Crippen LogP contribution in [0.5, 0.6) is 5.75 Å². The van der Waals surface area contributed by atoms with E-state index in [0.29, 0.717) is 15.8 Å². The molecule has 6 N–H and O–H groups in total. The van der Waals surface area contributed by atoms with Crippen LogP contribution in [0.25, 0.3) is 21.3 Å². The van der Waals surface area contributed by atoms with Gasteiger partial charge in [-0.05, 0) is 11.6 Å². The van der Waals surface area contributed by atoms with E-state index in [0.717, 1.165) is 11.3 Å². The monoisotopic (exact) mass is 384 g/mol. The summed E-state index contributed by atoms with van der Waals surface area (Å²) in [4.78, 5) is 26.8. The molecule has 2 aromatic heterocycles. The predicted molar refractivity (Wildman–Crippen MR) is 100 cm³/mol. The van der Waals surface area contributed by atoms with Crippen LogP contribution in [0.3, 0.4) is 0 Å². The molecule has 0 radical (unpaired) electrons. The van der Waals surface area contributed by atoms with Gasteiger partial charge in [-0.2, -0.15) is 5.26 Å². The topological polar surface area (TPSA) is 184 Å². The number of nitrogens with two attached hydrogens (primary N) is 3. The third kappa shape index (κ3) is 2.74. The van der Waals surface area contributed by atoms with Crippen molar-refractivity contribution in [3.05, 3.63) is 38.8 Å². The molecule has 1 amide bonds. The van der Waals surface area contributed by atoms with E-state index in [1.54, 1.807) is 0 Å². The first kappa shape index (κ1) is 17.9. The van der Waals surface area contributed by atoms with Crippen LogP contribution in [-0.2, 0) is 0 Å². The quantitative estimate of drug-likeness (QED) is 0.450. The molecule has 2 heterocycles. The number of nitrogen functional groups attached to an aromatic ring is 2. The Hall–Kier alpha value is -3.91. The molecule has 0 atom stereocenters. The van der Waals surface area contributed by atoms with E-state index in [4.69, 9.17) is 21.9 Å². The number of primary amides is 1. The zero-order valence-electron chi connectivity index (χ0n) is 13.8. The Morgan fingerprint density at radius 1 is 1.41 bits per heavy atom. The molecule has 0 saturated carbocycles. The lowest BCUT2D eigenvalue weighted by Gasteiger charge is -2.10. The smallest absolute Gasteiger partial charge is 0.311 e. The number of aromatic nitrogens is 1. The molecule has 3 rings (SSSR count). The maximum Gasteiger partial charge on any atom is 0.311 e. The summed E-state index contributed by atoms with van der Waals surface area (Å²) in [5.41, 5.74) is 17.6. The van der Waals surface area contributed by atoms with E-state index in [9.17, 15) is 20.2 Å². The van der Waals surface area contributed by atoms with Crippen molar-refractivity contribution >= 4 is 44.7 Å². The second kappa shape index (κ2) is 6.43. The molecule has 0 aliphatic rings. The molecular weight excluding hydrogens is 372 g/mol. The number of pyridine rings is 1. The van der Waals surface area contributed by atoms with Gasteiger partial charge in [0, 0.05) is 17.0 Å². The third-order valence-electron chi connectivity index (χ3n) is 3.90. The normalized spacial score (nSPS) is 10.5. The number of methoxy groups -OCH3 is 1. The van der Waals surface area contributed by atoms with Gasteiger partial charge in [0.05, 0.1) is 17.7 Å². The number of anilines is 2. The minimum atomic E-state index is -0.751. The molecule has 0 aliphatic carbocycles. The summed E-state index contributed by atoms with van der Waals surface area (Å²) in [5.74, 6) is -0.786. The molecule has 0 unspecified atom stereocenters. The Balaban J connectivity index is 2.47. The Morgan fingerprint density at radius 2 is 2.11 bits per heavy atom. The van der Waals surface area contributed by atoms with Crippen LogP contribution in [0.1, 0.15) is 15.2 Å². The number of hydrogen-bond acceptors (Lipinski definition) is 9. The van der Waals surface area contributed by atoms with Crippen molar-refractivity contribution in [1.82, 2.24) is 4.98 Å². The van der Waals surface area contributed by atoms with Crippen molar-refractivity contribution in [2.24, 2.45) is 5.73 Å². The lowest BCUT2D eigenvalue weighted by molar-refractivity contribution is -0.385. The number of nitro groups is 1. The zero-order chi connectivity index (χ0) is 19.9. The summed E-state index contributed by atoms with van der Waals surface area (Å²) in [7, 11) is 1.31. The maximum atomic E-state index is 11.6. The van der Waals surface area contributed by atoms with E-state index < -0.39 is 10.8 Å². The van der Waals surface area contributed by atoms with Gasteiger partial charge in [-0.3, -0.25) is 14.9 Å². The number of carbonyl (C=O) groups excluding carboxylic acids is 1. The summed E-state index contributed by atoms with van der Waals surface area (Å²) in [6, 6.07) is 6.11. The molecule has 27 heavy (non-hydrogen) atoms. The van der Waals surface area contributed by atoms with Gasteiger partial charge in [0.25, 0.3) is 5.91 Å². The van der Waals surface area contributed by atoms with Gasteiger partial charge in [0.1, 0.15) is 27.2 Å². The van der Waals surface area contributed by atoms with Crippen molar-refractivity contribution < 1.29 is 14.5 Å². The molecule has 0 bridgehead atoms. The standard InChI is InChI=1S/C16H12N6O4S/c1-26-9-3-2-6(4-8(9)22(24)25)10-7(5-17)14(19)21-16-11(10)12(18)13(27-16)15(20)23/h2-4H,18H2,1H3,(H2,19,21)(H2,20,23). The Morgan fingerprint density at radius 3 is 2.67 bits per heavy atom. The molecule has 10 nitrogen and oxygen atoms in total. The first-order valence-corrected chi connectivity index (χ1v) is 8.15. The molecule has 0 saturated heterocycles. The lowest BCUT2D eigenvalue weighted by atomic mass is 9.96. The largest absolute Gasteiger partial charge is 0.490 e. The Bertz CT molecular complexity index is 1160. The predicted octanol–water partition coefficient (Wildman–Crippen LogP) is 2.02. The van der Waals surface area contributed by atoms with Crippen LogP contribution < -0.4 is 21.9 Å². The van der Waals surface area contributed by atoms with E-state index >= 15 is 0 Å². The second-order valence-electron chi connectivity index (χ2n) is 5.39. The highest BCUT2D eigenvalue weighted by Gasteiger charge is 2.25. The van der Waals surface area contributed by atoms with E-state index in [1.165, 1.54) is 25.3 Å². The van der Waals surface area contributed by atoms with Crippen LogP contribution in [0.2, 0.25) is 0 Å². The first-order valence-electron chi connectivity index (χ1n) is 7.34. The zero-order valence-corrected chi connectivity index (χ0v) is 14.7. The lowest BCUT2D eigenvalue weighted by Crippen LogP contribution is -2.10. The number of ether oxygens (including phenoxy) is 1. The number of nitrogens with zero attached hydrogens (tertiary/aromatic N) is 3. The molecule has 0 aliphatic heterocycles. The van der Waals surface area contributed by atoms with Gasteiger partial charge >= 0.3 is 5.69 Å². The second-order valence-corrected chi connectivity index (χ2v) is 6.39. The van der Waals surface area contributed by atoms with Gasteiger partial charge < -0.3 is 21.9 Å². The van der Waals surface area contributed by atoms with Crippen LogP contribution in [0.15, 0.2) is 18.2 Å². The van der Waals surface area contributed by atoms with Crippen LogP contribution >= 0.6 is 11.3 Å². The summed E-state index contributed by atoms with van der Waals surface area (Å²) >= 11 is 0.934. The van der Waals surface area contributed by atoms with Gasteiger partial charge in [0.15, 0.2) is 5.75 Å². The molecule has 1 aromatic carbocycles. The maximum absolute atomic E-state index is 11.6. The average Bonchev–Trinajstić information content (AvgIpc) is 2.96. The van der Waals surface area contributed by atoms with Gasteiger partial charge in [-0.15, -0.1) is 11.3 Å². The van der Waals surface area contributed by atoms with Crippen molar-refractivity contribution in [3.8, 4) is 22.9 Å². The summed E-state index contributed by atoms with van der Waals surface area (Å²) in [6.45, 7) is 0. The number of thiophene rings is 1. The first-order chi connectivity index (χ1) is 12.8. The fourth-order valence-corrected chi connectivity index (χ4v) is 3.71. The van der Waals surface area contributed by atoms with Crippen molar-refractivity contribution in [2.75, 3.05) is 18.6 Å². The molecule has 3 aromatic rings. The van der Waals surface area contributed by atoms with Crippen LogP contribution in [0, 0.1) is 21.4 Å². The Kier molecular flexibility index (Phi) is 4.26. The number of nitriles is 1. The molecule has 0 spiro atoms. The van der Waals surface area contributed by atoms with E-state index in [1.807, 2.05) is 6.07 Å². The van der Waals surface area contributed by atoms with Crippen molar-refractivity contribution in [3.63, 3.8) is 0 Å². The average molecular weight is 384 g/mol. The number of hydrogen-bond donors (Lipinski definition) is 3. The third-order valence-corrected chi connectivity index (χ3v) is 5.02. The molecule has 11 heteroatoms. The minimum absolute atomic E-state index is 0.0116. The SMILES string of the molecule is COc1ccc(-c2c(C#N)c(N)nc3sc(C(N)=O)c(N)c23)cc1[N+](=O)[O-]. The number of carbonyl (C=O) groups is 1. The molecular formula is C16H12N6O4S. The summed E-state index contributed by atoms with van der Waals surface area (Å²) in [6.07, 6.45) is 0. The van der Waals surface area contributed by atoms with Gasteiger partial charge in [-0.25, -0.2) is 4.98 Å². The minimum Gasteiger partial charge on any atom is -0.490 e. The number of benzene rings is 1. The van der Waals surface area contributed by atoms with Crippen molar-refractivity contribution in [1.29, 1.82) is 5.26 Å². The number of amides is 1. The number of nitro benzene ring substituents is 1. The molecule has 136 valence electrons. The van der Waals surface area contributed by atoms with E-state index in [-0.39, 0.29) is 38.9 Å². The van der Waals surface area contributed by atoms with Gasteiger partial charge in [0.2, 0.25) is 0 Å². The fraction of sp³-hybridized carbons (Fsp3) is 0.0625. The number of rotatable bonds is 4. The fourth-order valence-electron chi connectivity index (χ4n) is 2.74. The highest BCUT2D eigenvalue weighted by atomic mass is 32.1. The van der Waals surface area contributed by atoms with Crippen LogP contribution in [0.4, 0.5) is 17.2 Å². The highest BCUT2D eigenvalue weighted by molar-refractivity contribution is 7.21. The Labute approximate surface area is 155 Å². The van der Waals surface area contributed by atoms with Crippen LogP contribution in [-0.4, -0.2) is 22.9 Å². The van der Waals surface area contributed by atoms with Crippen molar-refractivity contribution in [2.45, 2.75) is 0 Å². The highest BCUT2D eigenvalue weighted by Crippen LogP contribution is 2.44. The number of fused-ring (bicyclic) bond motifs is 1. The van der Waals surface area contributed by atoms with Gasteiger partial charge in [-0.1, -0.05) is 6.07 Å². The van der Waals surface area contributed by atoms with E-state index in [2.05, 4.69) is 4.98 Å². The molecule has 0 fully saturated rings.